The van der Waals surface area contributed by atoms with Crippen LogP contribution in [0.3, 0.4) is 0 Å². The highest BCUT2D eigenvalue weighted by Crippen LogP contribution is 2.53. The molecule has 602 valence electrons. The number of aryl methyl sites for hydroxylation is 4. The van der Waals surface area contributed by atoms with Gasteiger partial charge in [-0.25, -0.2) is 0 Å². The third kappa shape index (κ3) is 12.2. The van der Waals surface area contributed by atoms with Gasteiger partial charge in [-0.15, -0.1) is 0 Å². The molecular formula is C114H84BClN4O4Si2. The molecule has 0 atom stereocenters. The van der Waals surface area contributed by atoms with Crippen molar-refractivity contribution in [3.8, 4) is 0 Å². The zero-order chi connectivity index (χ0) is 84.6. The Hall–Kier alpha value is -14.9. The van der Waals surface area contributed by atoms with Crippen LogP contribution in [0.15, 0.2) is 418 Å². The SMILES string of the molecule is Cc1ccc2c(c1)oc1c(N(c3ccccc3)c3cc([Si](C)(c4ccccc4)c4ccccc4)cc(N(c4ccccc4)c4cccc5c4oc4cc(C)ccc45)c3Cl)cccc12.Cc1ccc2c(c1)oc1c3c(ccc12)B1c2ccc4c(oc5cc(C)ccc54)c2N(c2ccccc2)c2cc([Si](C)(c4ccccc4)c4ccccc4)cc(c21)N3c1ccccc1. The number of hydrogen-bond acceptors (Lipinski definition) is 8. The van der Waals surface area contributed by atoms with Gasteiger partial charge >= 0.3 is 0 Å². The summed E-state index contributed by atoms with van der Waals surface area (Å²) in [5.41, 5.74) is 27.2. The Morgan fingerprint density at radius 2 is 0.548 bits per heavy atom. The number of hydrogen-bond donors (Lipinski definition) is 0. The molecule has 2 aliphatic rings. The first-order chi connectivity index (χ1) is 61.8. The van der Waals surface area contributed by atoms with Crippen molar-refractivity contribution in [1.29, 1.82) is 0 Å². The summed E-state index contributed by atoms with van der Waals surface area (Å²) in [6.45, 7) is 13.3. The van der Waals surface area contributed by atoms with E-state index in [1.54, 1.807) is 0 Å². The minimum atomic E-state index is -2.79. The van der Waals surface area contributed by atoms with Crippen molar-refractivity contribution in [2.45, 2.75) is 40.8 Å². The Balaban J connectivity index is 0.000000145. The van der Waals surface area contributed by atoms with Crippen molar-refractivity contribution in [3.05, 3.63) is 428 Å². The maximum atomic E-state index is 8.18. The third-order valence-corrected chi connectivity index (χ3v) is 35.7. The van der Waals surface area contributed by atoms with Gasteiger partial charge in [0.1, 0.15) is 38.5 Å². The van der Waals surface area contributed by atoms with Gasteiger partial charge in [0.15, 0.2) is 22.3 Å². The first-order valence-corrected chi connectivity index (χ1v) is 48.6. The summed E-state index contributed by atoms with van der Waals surface area (Å²) < 4.78 is 28.0. The lowest BCUT2D eigenvalue weighted by Crippen LogP contribution is -2.66. The van der Waals surface area contributed by atoms with Gasteiger partial charge in [-0.3, -0.25) is 0 Å². The lowest BCUT2D eigenvalue weighted by Gasteiger charge is -2.45. The van der Waals surface area contributed by atoms with Gasteiger partial charge in [-0.2, -0.15) is 0 Å². The van der Waals surface area contributed by atoms with Crippen LogP contribution in [0.1, 0.15) is 22.3 Å². The van der Waals surface area contributed by atoms with E-state index >= 15 is 0 Å². The highest BCUT2D eigenvalue weighted by Gasteiger charge is 2.48. The molecule has 0 aliphatic carbocycles. The predicted octanol–water partition coefficient (Wildman–Crippen LogP) is 26.1. The molecule has 0 spiro atoms. The summed E-state index contributed by atoms with van der Waals surface area (Å²) in [5.74, 6) is 0. The zero-order valence-corrected chi connectivity index (χ0v) is 73.2. The van der Waals surface area contributed by atoms with E-state index in [2.05, 4.69) is 461 Å². The van der Waals surface area contributed by atoms with Crippen LogP contribution < -0.4 is 67.1 Å². The van der Waals surface area contributed by atoms with E-state index in [1.807, 2.05) is 0 Å². The van der Waals surface area contributed by atoms with Crippen LogP contribution >= 0.6 is 11.6 Å². The minimum Gasteiger partial charge on any atom is -0.454 e. The van der Waals surface area contributed by atoms with E-state index in [4.69, 9.17) is 29.3 Å². The molecule has 0 radical (unpaired) electrons. The van der Waals surface area contributed by atoms with Crippen LogP contribution in [0, 0.1) is 27.7 Å². The van der Waals surface area contributed by atoms with Crippen LogP contribution in [0.4, 0.5) is 68.2 Å². The average Bonchev–Trinajstić information content (AvgIpc) is 1.13. The maximum Gasteiger partial charge on any atom is 0.252 e. The summed E-state index contributed by atoms with van der Waals surface area (Å²) >= 11 is 8.18. The topological polar surface area (TPSA) is 65.5 Å². The standard InChI is InChI=1S/C57H41BN2O2Si.C57H43ClN2O2Si/c1-36-24-26-43-45-28-30-47-54(56(45)61-51(43)32-36)59(38-16-8-4-9-17-38)49-34-42(63(3,40-20-12-6-13-21-40)41-22-14-7-15-23-41)35-50-53(49)58(47)48-31-29-46-44-27-25-37(2)33-52(44)62-57(46)55(48)60(50)39-18-10-5-11-19-39;1-38-30-32-45-47-26-16-28-49(56(47)61-53(45)34-38)59(40-18-8-4-9-19-40)51-36-44(63(3,42-22-12-6-13-23-42)43-24-14-7-15-25-43)37-52(55(51)58)60(41-20-10-5-11-21-41)50-29-17-27-48-46-33-31-39(2)35-54(46)62-57(48)50/h4-35H,1-3H3;4-37H,1-3H3. The Kier molecular flexibility index (Phi) is 18.3. The molecule has 126 heavy (non-hydrogen) atoms. The van der Waals surface area contributed by atoms with Gasteiger partial charge in [-0.05, 0) is 207 Å². The molecule has 0 saturated carbocycles. The van der Waals surface area contributed by atoms with Crippen molar-refractivity contribution >= 4 is 238 Å². The first-order valence-electron chi connectivity index (χ1n) is 43.2. The Morgan fingerprint density at radius 1 is 0.262 bits per heavy atom. The predicted molar refractivity (Wildman–Crippen MR) is 536 cm³/mol. The van der Waals surface area contributed by atoms with E-state index in [9.17, 15) is 0 Å². The van der Waals surface area contributed by atoms with Crippen LogP contribution in [0.2, 0.25) is 18.1 Å². The van der Waals surface area contributed by atoms with E-state index in [0.717, 1.165) is 167 Å². The van der Waals surface area contributed by atoms with Crippen molar-refractivity contribution in [1.82, 2.24) is 0 Å². The first kappa shape index (κ1) is 76.1. The monoisotopic (exact) mass is 1670 g/mol. The largest absolute Gasteiger partial charge is 0.454 e. The van der Waals surface area contributed by atoms with Crippen LogP contribution in [-0.4, -0.2) is 22.9 Å². The summed E-state index contributed by atoms with van der Waals surface area (Å²) in [6, 6.07) is 145. The number of rotatable bonds is 14. The molecule has 18 aromatic carbocycles. The summed E-state index contributed by atoms with van der Waals surface area (Å²) in [6.07, 6.45) is 0. The lowest BCUT2D eigenvalue weighted by molar-refractivity contribution is 0.668. The van der Waals surface area contributed by atoms with Crippen LogP contribution in [-0.2, 0) is 0 Å². The van der Waals surface area contributed by atoms with Gasteiger partial charge in [0.25, 0.3) is 6.71 Å². The molecule has 0 amide bonds. The van der Waals surface area contributed by atoms with Gasteiger partial charge < -0.3 is 37.3 Å². The van der Waals surface area contributed by atoms with Gasteiger partial charge in [0.2, 0.25) is 0 Å². The summed E-state index contributed by atoms with van der Waals surface area (Å²) in [4.78, 5) is 9.58. The number of nitrogens with zero attached hydrogens (tertiary/aromatic N) is 4. The molecule has 6 heterocycles. The molecule has 8 nitrogen and oxygen atoms in total. The Bertz CT molecular complexity index is 7490. The number of fused-ring (bicyclic) bond motifs is 18. The minimum absolute atomic E-state index is 0.131. The van der Waals surface area contributed by atoms with E-state index in [0.29, 0.717) is 5.02 Å². The number of furan rings is 4. The van der Waals surface area contributed by atoms with E-state index < -0.39 is 16.1 Å². The lowest BCUT2D eigenvalue weighted by atomic mass is 9.33. The number of halogens is 1. The molecule has 2 aliphatic heterocycles. The fraction of sp³-hybridized carbons (Fsp3) is 0.0526. The van der Waals surface area contributed by atoms with Gasteiger partial charge in [0, 0.05) is 77.2 Å². The quantitative estimate of drug-likeness (QED) is 0.0788. The summed E-state index contributed by atoms with van der Waals surface area (Å²) in [5, 5.41) is 17.1. The van der Waals surface area contributed by atoms with Crippen LogP contribution in [0.5, 0.6) is 0 Å². The second-order valence-corrected chi connectivity index (χ2v) is 42.4. The molecule has 12 heteroatoms. The molecule has 0 fully saturated rings. The zero-order valence-electron chi connectivity index (χ0n) is 70.5. The Labute approximate surface area is 738 Å². The maximum absolute atomic E-state index is 8.18. The fourth-order valence-electron chi connectivity index (χ4n) is 20.2. The molecule has 24 rings (SSSR count). The van der Waals surface area contributed by atoms with E-state index in [1.165, 1.54) is 58.6 Å². The second kappa shape index (κ2) is 30.3. The fourth-order valence-corrected chi connectivity index (χ4v) is 27.6. The number of anilines is 12. The molecule has 0 saturated heterocycles. The Morgan fingerprint density at radius 3 is 0.881 bits per heavy atom. The highest BCUT2D eigenvalue weighted by atomic mass is 35.5. The molecule has 4 aromatic heterocycles. The van der Waals surface area contributed by atoms with E-state index in [-0.39, 0.29) is 6.71 Å². The number of benzene rings is 18. The molecular weight excluding hydrogens is 1590 g/mol. The molecule has 0 unspecified atom stereocenters. The molecule has 22 aromatic rings. The normalized spacial score (nSPS) is 12.5. The summed E-state index contributed by atoms with van der Waals surface area (Å²) in [7, 11) is -5.49. The van der Waals surface area contributed by atoms with Gasteiger partial charge in [-0.1, -0.05) is 316 Å². The smallest absolute Gasteiger partial charge is 0.252 e. The van der Waals surface area contributed by atoms with Crippen molar-refractivity contribution in [3.63, 3.8) is 0 Å². The second-order valence-electron chi connectivity index (χ2n) is 34.1. The molecule has 0 bridgehead atoms. The molecule has 0 N–H and O–H groups in total. The van der Waals surface area contributed by atoms with Gasteiger partial charge in [0.05, 0.1) is 39.1 Å². The average molecular weight is 1680 g/mol. The van der Waals surface area contributed by atoms with Crippen molar-refractivity contribution < 1.29 is 17.7 Å². The van der Waals surface area contributed by atoms with Crippen molar-refractivity contribution in [2.24, 2.45) is 0 Å². The van der Waals surface area contributed by atoms with Crippen molar-refractivity contribution in [2.75, 3.05) is 19.6 Å². The highest BCUT2D eigenvalue weighted by molar-refractivity contribution is 7.11. The van der Waals surface area contributed by atoms with Crippen LogP contribution in [0.25, 0.3) is 87.8 Å². The number of para-hydroxylation sites is 6. The third-order valence-electron chi connectivity index (χ3n) is 26.5.